The molecule has 0 saturated carbocycles. The third kappa shape index (κ3) is 10.7. The molecule has 1 heterocycles. The molecule has 1 atom stereocenters. The second-order valence-corrected chi connectivity index (χ2v) is 10.3. The van der Waals surface area contributed by atoms with Crippen LogP contribution in [0.4, 0.5) is 0 Å². The molecule has 0 radical (unpaired) electrons. The fraction of sp³-hybridized carbons (Fsp3) is 0.950. The van der Waals surface area contributed by atoms with Crippen molar-refractivity contribution in [3.63, 3.8) is 0 Å². The van der Waals surface area contributed by atoms with Crippen LogP contribution in [0.2, 0.25) is 0 Å². The lowest BCUT2D eigenvalue weighted by atomic mass is 9.80. The zero-order valence-electron chi connectivity index (χ0n) is 18.4. The van der Waals surface area contributed by atoms with Crippen LogP contribution in [0.3, 0.4) is 0 Å². The second-order valence-electron chi connectivity index (χ2n) is 8.46. The van der Waals surface area contributed by atoms with E-state index in [0.717, 1.165) is 12.8 Å². The van der Waals surface area contributed by atoms with E-state index < -0.39 is 0 Å². The van der Waals surface area contributed by atoms with Gasteiger partial charge in [-0.25, -0.2) is 0 Å². The van der Waals surface area contributed by atoms with E-state index in [2.05, 4.69) is 0 Å². The van der Waals surface area contributed by atoms with Crippen LogP contribution in [0.5, 0.6) is 0 Å². The quantitative estimate of drug-likeness (QED) is 0.159. The molecule has 8 nitrogen and oxygen atoms in total. The number of carbonyl (C=O) groups excluding carboxylic acids is 1. The van der Waals surface area contributed by atoms with Crippen LogP contribution in [0.25, 0.3) is 0 Å². The Morgan fingerprint density at radius 2 is 1.34 bits per heavy atom. The fourth-order valence-corrected chi connectivity index (χ4v) is 3.61. The number of nitrogens with zero attached hydrogens (tertiary/aromatic N) is 1. The van der Waals surface area contributed by atoms with Crippen molar-refractivity contribution >= 4 is 28.6 Å². The van der Waals surface area contributed by atoms with Crippen LogP contribution in [-0.2, 0) is 28.5 Å². The number of halogens is 1. The highest BCUT2D eigenvalue weighted by Gasteiger charge is 2.45. The van der Waals surface area contributed by atoms with Crippen molar-refractivity contribution in [1.82, 2.24) is 5.06 Å². The summed E-state index contributed by atoms with van der Waals surface area (Å²) in [5.74, 6) is -0.224. The maximum Gasteiger partial charge on any atom is 0.318 e. The third-order valence-electron chi connectivity index (χ3n) is 4.72. The molecule has 29 heavy (non-hydrogen) atoms. The normalized spacial score (nSPS) is 20.5. The summed E-state index contributed by atoms with van der Waals surface area (Å²) >= 11 is 2.01. The van der Waals surface area contributed by atoms with Gasteiger partial charge in [0.05, 0.1) is 52.4 Å². The van der Waals surface area contributed by atoms with Gasteiger partial charge in [0.15, 0.2) is 0 Å². The summed E-state index contributed by atoms with van der Waals surface area (Å²) < 4.78 is 27.1. The Bertz CT molecular complexity index is 456. The van der Waals surface area contributed by atoms with E-state index in [4.69, 9.17) is 23.7 Å². The smallest absolute Gasteiger partial charge is 0.318 e. The lowest BCUT2D eigenvalue weighted by Crippen LogP contribution is -2.60. The second kappa shape index (κ2) is 13.4. The maximum atomic E-state index is 11.2. The zero-order chi connectivity index (χ0) is 21.9. The Morgan fingerprint density at radius 3 is 1.79 bits per heavy atom. The van der Waals surface area contributed by atoms with Crippen LogP contribution >= 0.6 is 22.6 Å². The summed E-state index contributed by atoms with van der Waals surface area (Å²) in [4.78, 5) is 11.2. The van der Waals surface area contributed by atoms with Crippen molar-refractivity contribution in [2.75, 3.05) is 52.9 Å². The molecule has 0 aromatic rings. The molecule has 1 saturated heterocycles. The minimum absolute atomic E-state index is 0.111. The van der Waals surface area contributed by atoms with E-state index in [-0.39, 0.29) is 33.7 Å². The van der Waals surface area contributed by atoms with Crippen LogP contribution in [-0.4, -0.2) is 90.2 Å². The predicted octanol–water partition coefficient (Wildman–Crippen LogP) is 2.83. The van der Waals surface area contributed by atoms with Crippen molar-refractivity contribution in [3.05, 3.63) is 0 Å². The molecule has 1 N–H and O–H groups in total. The largest absolute Gasteiger partial charge is 0.462 e. The Hall–Kier alpha value is -0.0400. The summed E-state index contributed by atoms with van der Waals surface area (Å²) in [6, 6.07) is 0. The highest BCUT2D eigenvalue weighted by atomic mass is 127. The molecule has 0 aromatic heterocycles. The Labute approximate surface area is 188 Å². The molecule has 1 unspecified atom stereocenters. The van der Waals surface area contributed by atoms with Crippen molar-refractivity contribution in [2.45, 2.75) is 68.6 Å². The van der Waals surface area contributed by atoms with Gasteiger partial charge >= 0.3 is 5.97 Å². The lowest BCUT2D eigenvalue weighted by Gasteiger charge is -2.51. The average molecular weight is 531 g/mol. The zero-order valence-corrected chi connectivity index (χ0v) is 20.6. The van der Waals surface area contributed by atoms with Gasteiger partial charge < -0.3 is 28.9 Å². The van der Waals surface area contributed by atoms with Gasteiger partial charge in [-0.1, -0.05) is 22.6 Å². The first-order valence-electron chi connectivity index (χ1n) is 10.2. The molecule has 1 fully saturated rings. The van der Waals surface area contributed by atoms with Crippen molar-refractivity contribution in [2.24, 2.45) is 0 Å². The van der Waals surface area contributed by atoms with E-state index >= 15 is 0 Å². The Balaban J connectivity index is 1.93. The predicted molar refractivity (Wildman–Crippen MR) is 118 cm³/mol. The van der Waals surface area contributed by atoms with E-state index in [1.165, 1.54) is 5.06 Å². The van der Waals surface area contributed by atoms with Gasteiger partial charge in [0.1, 0.15) is 10.5 Å². The van der Waals surface area contributed by atoms with Crippen LogP contribution < -0.4 is 0 Å². The summed E-state index contributed by atoms with van der Waals surface area (Å²) in [5.41, 5.74) is -0.613. The topological polar surface area (TPSA) is 86.7 Å². The van der Waals surface area contributed by atoms with Crippen molar-refractivity contribution in [3.8, 4) is 0 Å². The first-order valence-corrected chi connectivity index (χ1v) is 11.5. The Kier molecular flexibility index (Phi) is 12.5. The highest BCUT2D eigenvalue weighted by molar-refractivity contribution is 14.1. The summed E-state index contributed by atoms with van der Waals surface area (Å²) in [6.45, 7) is 13.5. The first kappa shape index (κ1) is 27.0. The van der Waals surface area contributed by atoms with Crippen molar-refractivity contribution in [1.29, 1.82) is 0 Å². The molecule has 0 amide bonds. The van der Waals surface area contributed by atoms with E-state index in [9.17, 15) is 10.0 Å². The lowest BCUT2D eigenvalue weighted by molar-refractivity contribution is -0.261. The number of hydrogen-bond donors (Lipinski definition) is 1. The molecule has 0 spiro atoms. The molecule has 172 valence electrons. The average Bonchev–Trinajstić information content (AvgIpc) is 2.62. The standard InChI is InChI=1S/C20H38INO7/c1-16(21)18(23)29-13-11-27-9-7-25-6-8-26-10-12-28-17-14-19(2,3)22(24)20(4,5)15-17/h16-17,24H,6-15H2,1-5H3. The van der Waals surface area contributed by atoms with Crippen LogP contribution in [0, 0.1) is 0 Å². The number of ether oxygens (including phenoxy) is 5. The van der Waals surface area contributed by atoms with Gasteiger partial charge in [-0.15, -0.1) is 0 Å². The number of alkyl halides is 1. The summed E-state index contributed by atoms with van der Waals surface area (Å²) in [5, 5.41) is 11.8. The van der Waals surface area contributed by atoms with Gasteiger partial charge in [0, 0.05) is 11.1 Å². The summed E-state index contributed by atoms with van der Waals surface area (Å²) in [6.07, 6.45) is 1.68. The van der Waals surface area contributed by atoms with Crippen molar-refractivity contribution < 1.29 is 33.7 Å². The number of hydrogen-bond acceptors (Lipinski definition) is 8. The number of carbonyl (C=O) groups is 1. The first-order chi connectivity index (χ1) is 13.6. The van der Waals surface area contributed by atoms with Gasteiger partial charge in [-0.05, 0) is 47.5 Å². The molecule has 1 rings (SSSR count). The van der Waals surface area contributed by atoms with Gasteiger partial charge in [0.2, 0.25) is 0 Å². The summed E-state index contributed by atoms with van der Waals surface area (Å²) in [7, 11) is 0. The van der Waals surface area contributed by atoms with Crippen LogP contribution in [0.1, 0.15) is 47.5 Å². The minimum atomic E-state index is -0.307. The number of esters is 1. The molecule has 0 aliphatic carbocycles. The van der Waals surface area contributed by atoms with E-state index in [1.807, 2.05) is 50.3 Å². The van der Waals surface area contributed by atoms with E-state index in [0.29, 0.717) is 46.2 Å². The third-order valence-corrected chi connectivity index (χ3v) is 5.23. The highest BCUT2D eigenvalue weighted by Crippen LogP contribution is 2.37. The molecule has 1 aliphatic heterocycles. The van der Waals surface area contributed by atoms with Gasteiger partial charge in [0.25, 0.3) is 0 Å². The molecule has 0 bridgehead atoms. The van der Waals surface area contributed by atoms with Gasteiger partial charge in [-0.2, -0.15) is 5.06 Å². The molecule has 0 aromatic carbocycles. The fourth-order valence-electron chi connectivity index (χ4n) is 3.43. The SMILES string of the molecule is CC(I)C(=O)OCCOCCOCCOCCOC1CC(C)(C)N(O)C(C)(C)C1. The molecular weight excluding hydrogens is 493 g/mol. The molecular formula is C20H38INO7. The van der Waals surface area contributed by atoms with E-state index in [1.54, 1.807) is 6.92 Å². The number of rotatable bonds is 14. The minimum Gasteiger partial charge on any atom is -0.462 e. The molecule has 1 aliphatic rings. The maximum absolute atomic E-state index is 11.2. The van der Waals surface area contributed by atoms with Gasteiger partial charge in [-0.3, -0.25) is 4.79 Å². The Morgan fingerprint density at radius 1 is 0.931 bits per heavy atom. The molecule has 9 heteroatoms. The number of piperidine rings is 1. The monoisotopic (exact) mass is 531 g/mol. The van der Waals surface area contributed by atoms with Crippen LogP contribution in [0.15, 0.2) is 0 Å². The number of hydroxylamine groups is 2.